The molecule has 1 amide bonds. The van der Waals surface area contributed by atoms with E-state index < -0.39 is 0 Å². The minimum Gasteiger partial charge on any atom is -0.338 e. The van der Waals surface area contributed by atoms with Crippen molar-refractivity contribution in [2.45, 2.75) is 12.1 Å². The molecule has 2 aromatic carbocycles. The van der Waals surface area contributed by atoms with Crippen LogP contribution in [0.1, 0.15) is 5.56 Å². The number of para-hydroxylation sites is 1. The van der Waals surface area contributed by atoms with E-state index in [1.807, 2.05) is 49.4 Å². The zero-order valence-corrected chi connectivity index (χ0v) is 15.2. The van der Waals surface area contributed by atoms with E-state index in [2.05, 4.69) is 26.2 Å². The second kappa shape index (κ2) is 6.76. The van der Waals surface area contributed by atoms with Crippen molar-refractivity contribution in [3.05, 3.63) is 54.1 Å². The first kappa shape index (κ1) is 16.5. The van der Waals surface area contributed by atoms with E-state index in [-0.39, 0.29) is 11.7 Å². The zero-order valence-electron chi connectivity index (χ0n) is 14.4. The summed E-state index contributed by atoms with van der Waals surface area (Å²) in [6.07, 6.45) is 0. The van der Waals surface area contributed by atoms with Crippen LogP contribution in [-0.4, -0.2) is 38.9 Å². The van der Waals surface area contributed by atoms with Gasteiger partial charge in [0.2, 0.25) is 11.1 Å². The molecule has 1 N–H and O–H groups in total. The highest BCUT2D eigenvalue weighted by atomic mass is 32.2. The lowest BCUT2D eigenvalue weighted by atomic mass is 10.2. The van der Waals surface area contributed by atoms with Crippen LogP contribution in [0.5, 0.6) is 0 Å². The van der Waals surface area contributed by atoms with E-state index >= 15 is 0 Å². The third kappa shape index (κ3) is 3.13. The van der Waals surface area contributed by atoms with Gasteiger partial charge < -0.3 is 9.88 Å². The Balaban J connectivity index is 1.52. The van der Waals surface area contributed by atoms with Gasteiger partial charge in [-0.1, -0.05) is 41.6 Å². The molecule has 130 valence electrons. The van der Waals surface area contributed by atoms with Gasteiger partial charge in [-0.15, -0.1) is 10.2 Å². The topological polar surface area (TPSA) is 74.8 Å². The molecule has 0 radical (unpaired) electrons. The molecule has 6 nitrogen and oxygen atoms in total. The number of aryl methyl sites for hydroxylation is 1. The first-order valence-corrected chi connectivity index (χ1v) is 9.17. The summed E-state index contributed by atoms with van der Waals surface area (Å²) in [5, 5.41) is 9.97. The summed E-state index contributed by atoms with van der Waals surface area (Å²) in [5.74, 6) is 0.231. The SMILES string of the molecule is Cc1ccc2[nH]c3nc(SCC(=O)N(C)c4ccccc4)nnc3c2c1. The average Bonchev–Trinajstić information content (AvgIpc) is 3.03. The van der Waals surface area contributed by atoms with Gasteiger partial charge in [-0.2, -0.15) is 0 Å². The van der Waals surface area contributed by atoms with Crippen LogP contribution in [0.25, 0.3) is 22.1 Å². The molecule has 0 aliphatic heterocycles. The molecule has 4 aromatic rings. The fourth-order valence-corrected chi connectivity index (χ4v) is 3.45. The normalized spacial score (nSPS) is 11.2. The van der Waals surface area contributed by atoms with Crippen LogP contribution in [0.2, 0.25) is 0 Å². The van der Waals surface area contributed by atoms with E-state index in [4.69, 9.17) is 0 Å². The number of nitrogens with one attached hydrogen (secondary N) is 1. The van der Waals surface area contributed by atoms with Crippen LogP contribution in [0.4, 0.5) is 5.69 Å². The lowest BCUT2D eigenvalue weighted by Crippen LogP contribution is -2.27. The number of anilines is 1. The summed E-state index contributed by atoms with van der Waals surface area (Å²) in [6, 6.07) is 15.7. The fraction of sp³-hybridized carbons (Fsp3) is 0.158. The maximum atomic E-state index is 12.4. The van der Waals surface area contributed by atoms with Gasteiger partial charge in [-0.25, -0.2) is 4.98 Å². The minimum absolute atomic E-state index is 0.0165. The maximum Gasteiger partial charge on any atom is 0.237 e. The molecule has 0 aliphatic carbocycles. The lowest BCUT2D eigenvalue weighted by Gasteiger charge is -2.16. The molecule has 0 spiro atoms. The Bertz CT molecular complexity index is 1090. The van der Waals surface area contributed by atoms with Crippen molar-refractivity contribution in [1.82, 2.24) is 20.2 Å². The van der Waals surface area contributed by atoms with Gasteiger partial charge in [0.05, 0.1) is 5.75 Å². The summed E-state index contributed by atoms with van der Waals surface area (Å²) >= 11 is 1.28. The Hall–Kier alpha value is -2.93. The van der Waals surface area contributed by atoms with Crippen molar-refractivity contribution >= 4 is 45.4 Å². The predicted octanol–water partition coefficient (Wildman–Crippen LogP) is 3.57. The Morgan fingerprint density at radius 2 is 1.96 bits per heavy atom. The molecule has 0 unspecified atom stereocenters. The van der Waals surface area contributed by atoms with Crippen LogP contribution < -0.4 is 4.90 Å². The number of hydrogen-bond donors (Lipinski definition) is 1. The number of amides is 1. The van der Waals surface area contributed by atoms with Gasteiger partial charge in [0.15, 0.2) is 5.65 Å². The average molecular weight is 363 g/mol. The van der Waals surface area contributed by atoms with Gasteiger partial charge in [-0.05, 0) is 31.2 Å². The molecular weight excluding hydrogens is 346 g/mol. The maximum absolute atomic E-state index is 12.4. The van der Waals surface area contributed by atoms with Crippen molar-refractivity contribution in [1.29, 1.82) is 0 Å². The smallest absolute Gasteiger partial charge is 0.237 e. The minimum atomic E-state index is -0.0165. The van der Waals surface area contributed by atoms with Crippen molar-refractivity contribution in [2.75, 3.05) is 17.7 Å². The number of aromatic nitrogens is 4. The molecule has 0 saturated heterocycles. The van der Waals surface area contributed by atoms with E-state index in [0.29, 0.717) is 10.8 Å². The summed E-state index contributed by atoms with van der Waals surface area (Å²) < 4.78 is 0. The van der Waals surface area contributed by atoms with Crippen molar-refractivity contribution in [3.63, 3.8) is 0 Å². The monoisotopic (exact) mass is 363 g/mol. The van der Waals surface area contributed by atoms with Crippen LogP contribution in [-0.2, 0) is 4.79 Å². The van der Waals surface area contributed by atoms with Crippen molar-refractivity contribution < 1.29 is 4.79 Å². The molecule has 26 heavy (non-hydrogen) atoms. The van der Waals surface area contributed by atoms with Gasteiger partial charge in [0, 0.05) is 23.6 Å². The highest BCUT2D eigenvalue weighted by Gasteiger charge is 2.14. The molecule has 0 aliphatic rings. The van der Waals surface area contributed by atoms with E-state index in [0.717, 1.165) is 27.7 Å². The lowest BCUT2D eigenvalue weighted by molar-refractivity contribution is -0.115. The Kier molecular flexibility index (Phi) is 4.30. The number of thioether (sulfide) groups is 1. The van der Waals surface area contributed by atoms with Gasteiger partial charge in [0.25, 0.3) is 0 Å². The quantitative estimate of drug-likeness (QED) is 0.561. The first-order chi connectivity index (χ1) is 12.6. The van der Waals surface area contributed by atoms with Gasteiger partial charge in [-0.3, -0.25) is 4.79 Å². The van der Waals surface area contributed by atoms with Crippen LogP contribution >= 0.6 is 11.8 Å². The summed E-state index contributed by atoms with van der Waals surface area (Å²) in [5.41, 5.74) is 4.44. The summed E-state index contributed by atoms with van der Waals surface area (Å²) in [4.78, 5) is 21.8. The third-order valence-corrected chi connectivity index (χ3v) is 5.02. The van der Waals surface area contributed by atoms with Crippen LogP contribution in [0.3, 0.4) is 0 Å². The number of fused-ring (bicyclic) bond motifs is 3. The summed E-state index contributed by atoms with van der Waals surface area (Å²) in [6.45, 7) is 2.04. The fourth-order valence-electron chi connectivity index (χ4n) is 2.75. The third-order valence-electron chi connectivity index (χ3n) is 4.19. The number of benzene rings is 2. The summed E-state index contributed by atoms with van der Waals surface area (Å²) in [7, 11) is 1.76. The molecular formula is C19H17N5OS. The van der Waals surface area contributed by atoms with Crippen molar-refractivity contribution in [2.24, 2.45) is 0 Å². The molecule has 0 saturated carbocycles. The highest BCUT2D eigenvalue weighted by Crippen LogP contribution is 2.24. The molecule has 0 bridgehead atoms. The number of nitrogens with zero attached hydrogens (tertiary/aromatic N) is 4. The van der Waals surface area contributed by atoms with Crippen LogP contribution in [0.15, 0.2) is 53.7 Å². The second-order valence-electron chi connectivity index (χ2n) is 6.04. The van der Waals surface area contributed by atoms with E-state index in [1.54, 1.807) is 11.9 Å². The molecule has 2 heterocycles. The number of hydrogen-bond acceptors (Lipinski definition) is 5. The van der Waals surface area contributed by atoms with Gasteiger partial charge in [0.1, 0.15) is 5.52 Å². The number of H-pyrrole nitrogens is 1. The van der Waals surface area contributed by atoms with Crippen LogP contribution in [0, 0.1) is 6.92 Å². The first-order valence-electron chi connectivity index (χ1n) is 8.19. The standard InChI is InChI=1S/C19H17N5OS/c1-12-8-9-15-14(10-12)17-18(20-15)21-19(23-22-17)26-11-16(25)24(2)13-6-4-3-5-7-13/h3-10H,11H2,1-2H3,(H,20,21,23). The largest absolute Gasteiger partial charge is 0.338 e. The molecule has 4 rings (SSSR count). The van der Waals surface area contributed by atoms with E-state index in [9.17, 15) is 4.79 Å². The molecule has 7 heteroatoms. The zero-order chi connectivity index (χ0) is 18.1. The Labute approximate surface area is 154 Å². The molecule has 0 fully saturated rings. The Morgan fingerprint density at radius 1 is 1.15 bits per heavy atom. The Morgan fingerprint density at radius 3 is 2.77 bits per heavy atom. The molecule has 2 aromatic heterocycles. The highest BCUT2D eigenvalue weighted by molar-refractivity contribution is 7.99. The van der Waals surface area contributed by atoms with E-state index in [1.165, 1.54) is 11.8 Å². The number of aromatic amines is 1. The number of carbonyl (C=O) groups excluding carboxylic acids is 1. The van der Waals surface area contributed by atoms with Gasteiger partial charge >= 0.3 is 0 Å². The predicted molar refractivity (Wildman–Crippen MR) is 105 cm³/mol. The number of carbonyl (C=O) groups is 1. The van der Waals surface area contributed by atoms with Crippen molar-refractivity contribution in [3.8, 4) is 0 Å². The number of rotatable bonds is 4. The molecule has 0 atom stereocenters. The second-order valence-corrected chi connectivity index (χ2v) is 6.99.